The van der Waals surface area contributed by atoms with E-state index in [0.29, 0.717) is 28.9 Å². The van der Waals surface area contributed by atoms with Gasteiger partial charge in [-0.2, -0.15) is 0 Å². The predicted molar refractivity (Wildman–Crippen MR) is 110 cm³/mol. The van der Waals surface area contributed by atoms with Crippen LogP contribution < -0.4 is 15.0 Å². The molecule has 7 heteroatoms. The molecule has 2 saturated heterocycles. The largest absolute Gasteiger partial charge is 0.495 e. The van der Waals surface area contributed by atoms with Crippen LogP contribution in [-0.2, 0) is 9.59 Å². The maximum absolute atomic E-state index is 12.8. The highest BCUT2D eigenvalue weighted by Crippen LogP contribution is 2.27. The van der Waals surface area contributed by atoms with Crippen LogP contribution in [0.25, 0.3) is 0 Å². The van der Waals surface area contributed by atoms with E-state index in [9.17, 15) is 9.59 Å². The third-order valence-corrected chi connectivity index (χ3v) is 6.10. The van der Waals surface area contributed by atoms with Gasteiger partial charge < -0.3 is 19.9 Å². The number of anilines is 1. The molecule has 2 aliphatic heterocycles. The van der Waals surface area contributed by atoms with E-state index < -0.39 is 0 Å². The van der Waals surface area contributed by atoms with Gasteiger partial charge in [-0.05, 0) is 31.0 Å². The number of amides is 2. The third kappa shape index (κ3) is 5.61. The average molecular weight is 409 g/mol. The van der Waals surface area contributed by atoms with Gasteiger partial charge in [0.05, 0.1) is 25.2 Å². The quantitative estimate of drug-likeness (QED) is 0.783. The van der Waals surface area contributed by atoms with Gasteiger partial charge in [-0.15, -0.1) is 0 Å². The van der Waals surface area contributed by atoms with Crippen molar-refractivity contribution in [1.82, 2.24) is 4.90 Å². The Morgan fingerprint density at radius 1 is 1.18 bits per heavy atom. The molecule has 0 spiro atoms. The summed E-state index contributed by atoms with van der Waals surface area (Å²) in [4.78, 5) is 28.4. The lowest BCUT2D eigenvalue weighted by atomic mass is 9.95. The summed E-state index contributed by atoms with van der Waals surface area (Å²) in [5.41, 5.74) is 0.668. The van der Waals surface area contributed by atoms with Crippen LogP contribution in [0.1, 0.15) is 38.5 Å². The lowest BCUT2D eigenvalue weighted by Gasteiger charge is -2.31. The van der Waals surface area contributed by atoms with E-state index in [-0.39, 0.29) is 11.8 Å². The minimum absolute atomic E-state index is 0.0338. The molecule has 28 heavy (non-hydrogen) atoms. The lowest BCUT2D eigenvalue weighted by Crippen LogP contribution is -3.14. The molecule has 2 amide bonds. The van der Waals surface area contributed by atoms with Crippen LogP contribution in [0.15, 0.2) is 18.2 Å². The van der Waals surface area contributed by atoms with Crippen LogP contribution in [0.3, 0.4) is 0 Å². The highest BCUT2D eigenvalue weighted by atomic mass is 35.5. The van der Waals surface area contributed by atoms with E-state index in [0.717, 1.165) is 51.9 Å². The SMILES string of the molecule is COc1ccc(NC(=O)C[NH+]2CCC(C(=O)N3CCCCCC3)CC2)cc1Cl. The van der Waals surface area contributed by atoms with Crippen LogP contribution in [0, 0.1) is 5.92 Å². The number of nitrogens with one attached hydrogen (secondary N) is 2. The number of quaternary nitrogens is 1. The van der Waals surface area contributed by atoms with E-state index in [1.807, 2.05) is 0 Å². The number of benzene rings is 1. The molecule has 154 valence electrons. The number of halogens is 1. The van der Waals surface area contributed by atoms with E-state index in [2.05, 4.69) is 10.2 Å². The zero-order chi connectivity index (χ0) is 19.9. The second-order valence-corrected chi connectivity index (χ2v) is 8.25. The number of rotatable bonds is 5. The minimum Gasteiger partial charge on any atom is -0.495 e. The first-order valence-electron chi connectivity index (χ1n) is 10.3. The molecule has 0 bridgehead atoms. The normalized spacial score (nSPS) is 23.0. The van der Waals surface area contributed by atoms with Crippen molar-refractivity contribution >= 4 is 29.1 Å². The molecule has 0 aliphatic carbocycles. The van der Waals surface area contributed by atoms with Gasteiger partial charge in [0.15, 0.2) is 6.54 Å². The number of hydrogen-bond acceptors (Lipinski definition) is 3. The number of nitrogens with zero attached hydrogens (tertiary/aromatic N) is 1. The van der Waals surface area contributed by atoms with Gasteiger partial charge >= 0.3 is 0 Å². The fraction of sp³-hybridized carbons (Fsp3) is 0.619. The molecule has 2 fully saturated rings. The maximum Gasteiger partial charge on any atom is 0.279 e. The highest BCUT2D eigenvalue weighted by molar-refractivity contribution is 6.32. The summed E-state index contributed by atoms with van der Waals surface area (Å²) in [5, 5.41) is 3.37. The van der Waals surface area contributed by atoms with Gasteiger partial charge in [0.25, 0.3) is 5.91 Å². The highest BCUT2D eigenvalue weighted by Gasteiger charge is 2.31. The first-order chi connectivity index (χ1) is 13.6. The van der Waals surface area contributed by atoms with E-state index in [1.165, 1.54) is 17.7 Å². The summed E-state index contributed by atoms with van der Waals surface area (Å²) in [6.07, 6.45) is 6.47. The second-order valence-electron chi connectivity index (χ2n) is 7.84. The molecule has 2 aliphatic rings. The molecule has 3 rings (SSSR count). The Kier molecular flexibility index (Phi) is 7.57. The minimum atomic E-state index is -0.0338. The van der Waals surface area contributed by atoms with Crippen LogP contribution in [0.5, 0.6) is 5.75 Å². The zero-order valence-electron chi connectivity index (χ0n) is 16.6. The summed E-state index contributed by atoms with van der Waals surface area (Å²) in [6, 6.07) is 5.22. The molecule has 0 aromatic heterocycles. The van der Waals surface area contributed by atoms with Crippen LogP contribution >= 0.6 is 11.6 Å². The molecule has 0 saturated carbocycles. The van der Waals surface area contributed by atoms with Gasteiger partial charge in [0.1, 0.15) is 5.75 Å². The third-order valence-electron chi connectivity index (χ3n) is 5.81. The van der Waals surface area contributed by atoms with Crippen molar-refractivity contribution in [2.75, 3.05) is 45.2 Å². The van der Waals surface area contributed by atoms with E-state index in [4.69, 9.17) is 16.3 Å². The molecule has 6 nitrogen and oxygen atoms in total. The van der Waals surface area contributed by atoms with Gasteiger partial charge in [0, 0.05) is 37.5 Å². The van der Waals surface area contributed by atoms with Crippen LogP contribution in [-0.4, -0.2) is 56.5 Å². The first kappa shape index (κ1) is 20.9. The standard InChI is InChI=1S/C21H30ClN3O3/c1-28-19-7-6-17(14-18(19)22)23-20(26)15-24-12-8-16(9-13-24)21(27)25-10-4-2-3-5-11-25/h6-7,14,16H,2-5,8-13,15H2,1H3,(H,23,26)/p+1. The molecule has 1 aromatic rings. The summed E-state index contributed by atoms with van der Waals surface area (Å²) in [7, 11) is 1.56. The fourth-order valence-corrected chi connectivity index (χ4v) is 4.43. The Bertz CT molecular complexity index is 681. The van der Waals surface area contributed by atoms with Gasteiger partial charge in [-0.3, -0.25) is 9.59 Å². The number of carbonyl (C=O) groups excluding carboxylic acids is 2. The van der Waals surface area contributed by atoms with Crippen LogP contribution in [0.2, 0.25) is 5.02 Å². The molecule has 2 heterocycles. The van der Waals surface area contributed by atoms with Crippen molar-refractivity contribution < 1.29 is 19.2 Å². The van der Waals surface area contributed by atoms with Crippen LogP contribution in [0.4, 0.5) is 5.69 Å². The van der Waals surface area contributed by atoms with Crippen molar-refractivity contribution in [3.05, 3.63) is 23.2 Å². The number of carbonyl (C=O) groups is 2. The monoisotopic (exact) mass is 408 g/mol. The molecule has 0 unspecified atom stereocenters. The fourth-order valence-electron chi connectivity index (χ4n) is 4.18. The number of ether oxygens (including phenoxy) is 1. The molecular weight excluding hydrogens is 378 g/mol. The average Bonchev–Trinajstić information content (AvgIpc) is 2.97. The molecule has 0 radical (unpaired) electrons. The van der Waals surface area contributed by atoms with Gasteiger partial charge in [-0.1, -0.05) is 24.4 Å². The maximum atomic E-state index is 12.8. The van der Waals surface area contributed by atoms with E-state index >= 15 is 0 Å². The molecule has 2 N–H and O–H groups in total. The molecule has 0 atom stereocenters. The van der Waals surface area contributed by atoms with Gasteiger partial charge in [-0.25, -0.2) is 0 Å². The van der Waals surface area contributed by atoms with Crippen molar-refractivity contribution in [2.45, 2.75) is 38.5 Å². The summed E-state index contributed by atoms with van der Waals surface area (Å²) < 4.78 is 5.13. The smallest absolute Gasteiger partial charge is 0.279 e. The topological polar surface area (TPSA) is 63.1 Å². The van der Waals surface area contributed by atoms with Crippen molar-refractivity contribution in [3.8, 4) is 5.75 Å². The Balaban J connectivity index is 1.44. The Morgan fingerprint density at radius 3 is 2.46 bits per heavy atom. The molecule has 1 aromatic carbocycles. The first-order valence-corrected chi connectivity index (χ1v) is 10.7. The summed E-state index contributed by atoms with van der Waals surface area (Å²) in [6.45, 7) is 3.97. The van der Waals surface area contributed by atoms with Crippen molar-refractivity contribution in [2.24, 2.45) is 5.92 Å². The zero-order valence-corrected chi connectivity index (χ0v) is 17.4. The number of likely N-dealkylation sites (tertiary alicyclic amines) is 2. The summed E-state index contributed by atoms with van der Waals surface area (Å²) >= 11 is 6.11. The Labute approximate surface area is 172 Å². The number of piperidine rings is 1. The molecular formula is C21H31ClN3O3+. The second kappa shape index (κ2) is 10.1. The van der Waals surface area contributed by atoms with E-state index in [1.54, 1.807) is 25.3 Å². The van der Waals surface area contributed by atoms with Crippen molar-refractivity contribution in [3.63, 3.8) is 0 Å². The summed E-state index contributed by atoms with van der Waals surface area (Å²) in [5.74, 6) is 1.01. The van der Waals surface area contributed by atoms with Gasteiger partial charge in [0.2, 0.25) is 5.91 Å². The van der Waals surface area contributed by atoms with Crippen molar-refractivity contribution in [1.29, 1.82) is 0 Å². The number of methoxy groups -OCH3 is 1. The lowest BCUT2D eigenvalue weighted by molar-refractivity contribution is -0.897. The Hall–Kier alpha value is -1.79. The predicted octanol–water partition coefficient (Wildman–Crippen LogP) is 1.98. The number of hydrogen-bond donors (Lipinski definition) is 2. The Morgan fingerprint density at radius 2 is 1.86 bits per heavy atom.